The number of halogens is 1. The lowest BCUT2D eigenvalue weighted by molar-refractivity contribution is 0.0695. The molecule has 0 saturated heterocycles. The molecule has 1 rings (SSSR count). The quantitative estimate of drug-likeness (QED) is 0.897. The summed E-state index contributed by atoms with van der Waals surface area (Å²) < 4.78 is 6.24. The van der Waals surface area contributed by atoms with Gasteiger partial charge in [-0.25, -0.2) is 4.79 Å². The van der Waals surface area contributed by atoms with Gasteiger partial charge < -0.3 is 9.84 Å². The van der Waals surface area contributed by atoms with Crippen LogP contribution in [0.15, 0.2) is 22.7 Å². The maximum atomic E-state index is 10.9. The van der Waals surface area contributed by atoms with Gasteiger partial charge in [-0.1, -0.05) is 13.8 Å². The van der Waals surface area contributed by atoms with E-state index in [4.69, 9.17) is 9.84 Å². The minimum absolute atomic E-state index is 0.142. The normalized spacial score (nSPS) is 10.5. The minimum atomic E-state index is -0.957. The molecular weight excluding hydrogens is 272 g/mol. The minimum Gasteiger partial charge on any atom is -0.490 e. The number of benzene rings is 1. The molecule has 0 unspecified atom stereocenters. The molecule has 0 bridgehead atoms. The molecule has 88 valence electrons. The third-order valence-electron chi connectivity index (χ3n) is 2.38. The van der Waals surface area contributed by atoms with Crippen LogP contribution in [0.3, 0.4) is 0 Å². The average Bonchev–Trinajstić information content (AvgIpc) is 2.27. The van der Waals surface area contributed by atoms with Crippen LogP contribution < -0.4 is 4.74 Å². The van der Waals surface area contributed by atoms with Crippen LogP contribution in [0.5, 0.6) is 5.75 Å². The Morgan fingerprint density at radius 3 is 2.56 bits per heavy atom. The van der Waals surface area contributed by atoms with E-state index < -0.39 is 5.97 Å². The largest absolute Gasteiger partial charge is 0.490 e. The standard InChI is InChI=1S/C12H15BrO3/c1-3-8(4-2)16-9-5-6-11(13)10(7-9)12(14)15/h5-8H,3-4H2,1-2H3,(H,14,15). The first kappa shape index (κ1) is 13.0. The molecule has 3 nitrogen and oxygen atoms in total. The van der Waals surface area contributed by atoms with E-state index in [1.807, 2.05) is 13.8 Å². The number of hydrogen-bond donors (Lipinski definition) is 1. The number of carboxylic acids is 1. The Bertz CT molecular complexity index is 373. The van der Waals surface area contributed by atoms with E-state index in [0.717, 1.165) is 12.8 Å². The molecule has 0 amide bonds. The summed E-state index contributed by atoms with van der Waals surface area (Å²) in [5.41, 5.74) is 0.225. The highest BCUT2D eigenvalue weighted by Crippen LogP contribution is 2.24. The molecule has 1 aromatic carbocycles. The number of hydrogen-bond acceptors (Lipinski definition) is 2. The zero-order chi connectivity index (χ0) is 12.1. The molecule has 0 fully saturated rings. The lowest BCUT2D eigenvalue weighted by Crippen LogP contribution is -2.14. The second-order valence-corrected chi connectivity index (χ2v) is 4.36. The van der Waals surface area contributed by atoms with Crippen LogP contribution in [0.4, 0.5) is 0 Å². The van der Waals surface area contributed by atoms with Gasteiger partial charge in [-0.15, -0.1) is 0 Å². The first-order valence-electron chi connectivity index (χ1n) is 5.28. The maximum Gasteiger partial charge on any atom is 0.336 e. The van der Waals surface area contributed by atoms with E-state index in [1.54, 1.807) is 18.2 Å². The molecule has 0 spiro atoms. The number of carbonyl (C=O) groups is 1. The first-order chi connectivity index (χ1) is 7.58. The molecule has 0 atom stereocenters. The van der Waals surface area contributed by atoms with Crippen molar-refractivity contribution >= 4 is 21.9 Å². The second-order valence-electron chi connectivity index (χ2n) is 3.50. The van der Waals surface area contributed by atoms with Gasteiger partial charge in [0, 0.05) is 4.47 Å². The molecule has 0 aliphatic heterocycles. The lowest BCUT2D eigenvalue weighted by atomic mass is 10.2. The van der Waals surface area contributed by atoms with Crippen molar-refractivity contribution in [2.75, 3.05) is 0 Å². The van der Waals surface area contributed by atoms with Crippen molar-refractivity contribution in [1.82, 2.24) is 0 Å². The van der Waals surface area contributed by atoms with Gasteiger partial charge in [-0.3, -0.25) is 0 Å². The summed E-state index contributed by atoms with van der Waals surface area (Å²) in [6.45, 7) is 4.09. The van der Waals surface area contributed by atoms with Gasteiger partial charge >= 0.3 is 5.97 Å². The zero-order valence-corrected chi connectivity index (χ0v) is 11.0. The maximum absolute atomic E-state index is 10.9. The molecule has 0 aliphatic carbocycles. The van der Waals surface area contributed by atoms with Crippen LogP contribution in [-0.4, -0.2) is 17.2 Å². The van der Waals surface area contributed by atoms with Crippen LogP contribution in [0, 0.1) is 0 Å². The van der Waals surface area contributed by atoms with Crippen molar-refractivity contribution in [3.8, 4) is 5.75 Å². The predicted molar refractivity (Wildman–Crippen MR) is 66.1 cm³/mol. The Morgan fingerprint density at radius 1 is 1.44 bits per heavy atom. The fraction of sp³-hybridized carbons (Fsp3) is 0.417. The van der Waals surface area contributed by atoms with E-state index in [0.29, 0.717) is 10.2 Å². The molecule has 0 aliphatic rings. The summed E-state index contributed by atoms with van der Waals surface area (Å²) in [7, 11) is 0. The number of ether oxygens (including phenoxy) is 1. The van der Waals surface area contributed by atoms with Crippen molar-refractivity contribution < 1.29 is 14.6 Å². The summed E-state index contributed by atoms with van der Waals surface area (Å²) in [4.78, 5) is 10.9. The van der Waals surface area contributed by atoms with E-state index in [2.05, 4.69) is 15.9 Å². The lowest BCUT2D eigenvalue weighted by Gasteiger charge is -2.16. The van der Waals surface area contributed by atoms with Crippen LogP contribution in [0.2, 0.25) is 0 Å². The van der Waals surface area contributed by atoms with Crippen LogP contribution >= 0.6 is 15.9 Å². The van der Waals surface area contributed by atoms with Crippen LogP contribution in [-0.2, 0) is 0 Å². The molecule has 0 aromatic heterocycles. The zero-order valence-electron chi connectivity index (χ0n) is 9.37. The number of carboxylic acid groups (broad SMARTS) is 1. The number of aromatic carboxylic acids is 1. The predicted octanol–water partition coefficient (Wildman–Crippen LogP) is 3.71. The van der Waals surface area contributed by atoms with Crippen molar-refractivity contribution in [2.24, 2.45) is 0 Å². The van der Waals surface area contributed by atoms with Crippen molar-refractivity contribution in [3.05, 3.63) is 28.2 Å². The summed E-state index contributed by atoms with van der Waals surface area (Å²) >= 11 is 3.19. The third kappa shape index (κ3) is 3.23. The fourth-order valence-corrected chi connectivity index (χ4v) is 1.81. The highest BCUT2D eigenvalue weighted by molar-refractivity contribution is 9.10. The number of rotatable bonds is 5. The van der Waals surface area contributed by atoms with E-state index in [-0.39, 0.29) is 11.7 Å². The van der Waals surface area contributed by atoms with Crippen LogP contribution in [0.1, 0.15) is 37.0 Å². The van der Waals surface area contributed by atoms with Gasteiger partial charge in [0.25, 0.3) is 0 Å². The van der Waals surface area contributed by atoms with Gasteiger partial charge in [0.2, 0.25) is 0 Å². The van der Waals surface area contributed by atoms with Gasteiger partial charge in [0.05, 0.1) is 11.7 Å². The summed E-state index contributed by atoms with van der Waals surface area (Å²) in [5, 5.41) is 8.95. The average molecular weight is 287 g/mol. The SMILES string of the molecule is CCC(CC)Oc1ccc(Br)c(C(=O)O)c1. The Labute approximate surface area is 104 Å². The molecule has 0 saturated carbocycles. The molecule has 16 heavy (non-hydrogen) atoms. The molecule has 0 heterocycles. The highest BCUT2D eigenvalue weighted by atomic mass is 79.9. The first-order valence-corrected chi connectivity index (χ1v) is 6.07. The molecular formula is C12H15BrO3. The van der Waals surface area contributed by atoms with Gasteiger partial charge in [0.1, 0.15) is 5.75 Å². The fourth-order valence-electron chi connectivity index (χ4n) is 1.39. The van der Waals surface area contributed by atoms with Gasteiger partial charge in [-0.05, 0) is 47.0 Å². The van der Waals surface area contributed by atoms with Crippen molar-refractivity contribution in [2.45, 2.75) is 32.8 Å². The summed E-state index contributed by atoms with van der Waals surface area (Å²) in [6.07, 6.45) is 1.96. The topological polar surface area (TPSA) is 46.5 Å². The summed E-state index contributed by atoms with van der Waals surface area (Å²) in [5.74, 6) is -0.351. The van der Waals surface area contributed by atoms with Crippen LogP contribution in [0.25, 0.3) is 0 Å². The Hall–Kier alpha value is -1.03. The monoisotopic (exact) mass is 286 g/mol. The second kappa shape index (κ2) is 5.89. The van der Waals surface area contributed by atoms with Gasteiger partial charge in [0.15, 0.2) is 0 Å². The van der Waals surface area contributed by atoms with E-state index >= 15 is 0 Å². The summed E-state index contributed by atoms with van der Waals surface area (Å²) in [6, 6.07) is 5.01. The van der Waals surface area contributed by atoms with Gasteiger partial charge in [-0.2, -0.15) is 0 Å². The van der Waals surface area contributed by atoms with Crippen molar-refractivity contribution in [3.63, 3.8) is 0 Å². The van der Waals surface area contributed by atoms with E-state index in [9.17, 15) is 4.79 Å². The Kier molecular flexibility index (Phi) is 4.80. The molecule has 4 heteroatoms. The van der Waals surface area contributed by atoms with E-state index in [1.165, 1.54) is 0 Å². The Morgan fingerprint density at radius 2 is 2.06 bits per heavy atom. The molecule has 1 N–H and O–H groups in total. The highest BCUT2D eigenvalue weighted by Gasteiger charge is 2.11. The smallest absolute Gasteiger partial charge is 0.336 e. The third-order valence-corrected chi connectivity index (χ3v) is 3.07. The molecule has 0 radical (unpaired) electrons. The molecule has 1 aromatic rings. The van der Waals surface area contributed by atoms with Crippen molar-refractivity contribution in [1.29, 1.82) is 0 Å². The Balaban J connectivity index is 2.90.